The van der Waals surface area contributed by atoms with Gasteiger partial charge in [0.15, 0.2) is 5.76 Å². The highest BCUT2D eigenvalue weighted by Gasteiger charge is 2.35. The number of alkyl halides is 3. The Bertz CT molecular complexity index is 1270. The van der Waals surface area contributed by atoms with Crippen LogP contribution in [0.2, 0.25) is 0 Å². The van der Waals surface area contributed by atoms with E-state index in [1.54, 1.807) is 12.1 Å². The van der Waals surface area contributed by atoms with Crippen molar-refractivity contribution < 1.29 is 27.6 Å². The first-order valence-electron chi connectivity index (χ1n) is 11.9. The zero-order valence-corrected chi connectivity index (χ0v) is 19.7. The predicted molar refractivity (Wildman–Crippen MR) is 125 cm³/mol. The van der Waals surface area contributed by atoms with Crippen molar-refractivity contribution in [3.8, 4) is 22.6 Å². The summed E-state index contributed by atoms with van der Waals surface area (Å²) in [4.78, 5) is 13.1. The second-order valence-corrected chi connectivity index (χ2v) is 10.0. The molecule has 2 heterocycles. The number of hydrogen-bond acceptors (Lipinski definition) is 4. The van der Waals surface area contributed by atoms with Crippen molar-refractivity contribution >= 4 is 5.97 Å². The molecule has 5 rings (SSSR count). The molecule has 1 N–H and O–H groups in total. The molecule has 3 aromatic rings. The lowest BCUT2D eigenvalue weighted by atomic mass is 9.86. The molecule has 8 heteroatoms. The van der Waals surface area contributed by atoms with Crippen molar-refractivity contribution in [2.24, 2.45) is 11.8 Å². The minimum atomic E-state index is -4.44. The first kappa shape index (κ1) is 23.6. The molecule has 0 saturated carbocycles. The molecular formula is C27H27F3N2O3. The Kier molecular flexibility index (Phi) is 5.95. The summed E-state index contributed by atoms with van der Waals surface area (Å²) in [6, 6.07) is 10.5. The Morgan fingerprint density at radius 2 is 1.94 bits per heavy atom. The minimum Gasteiger partial charge on any atom is -0.481 e. The summed E-state index contributed by atoms with van der Waals surface area (Å²) in [6.07, 6.45) is -2.72. The third-order valence-electron chi connectivity index (χ3n) is 6.88. The van der Waals surface area contributed by atoms with E-state index >= 15 is 0 Å². The molecule has 1 aliphatic carbocycles. The standard InChI is InChI=1S/C27H27F3N2O3/c1-15(2)9-18-4-5-19(11-23(18)27(28,29)30)25-22-8-6-17-10-16(3-7-21(17)24(22)31-35-25)12-32-13-20(14-32)26(33)34/h3-5,7,10-11,15,20H,6,8-9,12-14H2,1-2H3,(H,33,34). The van der Waals surface area contributed by atoms with Crippen LogP contribution in [-0.2, 0) is 36.8 Å². The normalized spacial score (nSPS) is 16.2. The quantitative estimate of drug-likeness (QED) is 0.476. The van der Waals surface area contributed by atoms with Gasteiger partial charge in [-0.1, -0.05) is 49.3 Å². The van der Waals surface area contributed by atoms with Gasteiger partial charge in [-0.3, -0.25) is 9.69 Å². The van der Waals surface area contributed by atoms with Crippen molar-refractivity contribution in [3.05, 3.63) is 64.2 Å². The van der Waals surface area contributed by atoms with E-state index in [0.29, 0.717) is 55.1 Å². The highest BCUT2D eigenvalue weighted by atomic mass is 19.4. The number of rotatable bonds is 6. The van der Waals surface area contributed by atoms with Crippen molar-refractivity contribution in [1.29, 1.82) is 0 Å². The van der Waals surface area contributed by atoms with Gasteiger partial charge in [-0.2, -0.15) is 13.2 Å². The van der Waals surface area contributed by atoms with Crippen LogP contribution in [0.25, 0.3) is 22.6 Å². The van der Waals surface area contributed by atoms with E-state index in [1.165, 1.54) is 6.07 Å². The average molecular weight is 485 g/mol. The zero-order chi connectivity index (χ0) is 24.9. The number of carboxylic acids is 1. The van der Waals surface area contributed by atoms with Crippen LogP contribution < -0.4 is 0 Å². The predicted octanol–water partition coefficient (Wildman–Crippen LogP) is 5.84. The third kappa shape index (κ3) is 4.59. The summed E-state index contributed by atoms with van der Waals surface area (Å²) >= 11 is 0. The van der Waals surface area contributed by atoms with Gasteiger partial charge in [0.25, 0.3) is 0 Å². The maximum atomic E-state index is 13.8. The van der Waals surface area contributed by atoms with Crippen LogP contribution in [0, 0.1) is 11.8 Å². The molecule has 184 valence electrons. The summed E-state index contributed by atoms with van der Waals surface area (Å²) in [5.41, 5.74) is 4.74. The average Bonchev–Trinajstić information content (AvgIpc) is 3.19. The van der Waals surface area contributed by atoms with Crippen LogP contribution in [0.15, 0.2) is 40.9 Å². The number of benzene rings is 2. The number of hydrogen-bond donors (Lipinski definition) is 1. The summed E-state index contributed by atoms with van der Waals surface area (Å²) in [6.45, 7) is 5.61. The van der Waals surface area contributed by atoms with Crippen molar-refractivity contribution in [1.82, 2.24) is 10.1 Å². The van der Waals surface area contributed by atoms with E-state index in [1.807, 2.05) is 26.0 Å². The summed E-state index contributed by atoms with van der Waals surface area (Å²) in [7, 11) is 0. The number of likely N-dealkylation sites (tertiary alicyclic amines) is 1. The molecule has 0 amide bonds. The maximum Gasteiger partial charge on any atom is 0.416 e. The first-order valence-corrected chi connectivity index (χ1v) is 11.9. The zero-order valence-electron chi connectivity index (χ0n) is 19.7. The van der Waals surface area contributed by atoms with Gasteiger partial charge in [-0.25, -0.2) is 0 Å². The van der Waals surface area contributed by atoms with Crippen molar-refractivity contribution in [2.75, 3.05) is 13.1 Å². The number of carboxylic acid groups (broad SMARTS) is 1. The molecule has 1 aromatic heterocycles. The fourth-order valence-corrected chi connectivity index (χ4v) is 5.14. The molecule has 5 nitrogen and oxygen atoms in total. The van der Waals surface area contributed by atoms with Crippen LogP contribution in [-0.4, -0.2) is 34.2 Å². The van der Waals surface area contributed by atoms with Crippen LogP contribution >= 0.6 is 0 Å². The van der Waals surface area contributed by atoms with E-state index < -0.39 is 17.7 Å². The van der Waals surface area contributed by atoms with E-state index in [0.717, 1.165) is 28.7 Å². The lowest BCUT2D eigenvalue weighted by molar-refractivity contribution is -0.147. The fraction of sp³-hybridized carbons (Fsp3) is 0.407. The van der Waals surface area contributed by atoms with Gasteiger partial charge in [0.05, 0.1) is 11.5 Å². The molecule has 0 bridgehead atoms. The summed E-state index contributed by atoms with van der Waals surface area (Å²) in [5, 5.41) is 13.3. The smallest absolute Gasteiger partial charge is 0.416 e. The number of aryl methyl sites for hydroxylation is 1. The van der Waals surface area contributed by atoms with E-state index in [2.05, 4.69) is 16.1 Å². The second kappa shape index (κ2) is 8.82. The van der Waals surface area contributed by atoms with E-state index in [4.69, 9.17) is 9.63 Å². The molecular weight excluding hydrogens is 457 g/mol. The van der Waals surface area contributed by atoms with E-state index in [-0.39, 0.29) is 11.8 Å². The van der Waals surface area contributed by atoms with E-state index in [9.17, 15) is 18.0 Å². The third-order valence-corrected chi connectivity index (χ3v) is 6.88. The molecule has 0 spiro atoms. The largest absolute Gasteiger partial charge is 0.481 e. The number of aromatic nitrogens is 1. The Balaban J connectivity index is 1.41. The van der Waals surface area contributed by atoms with Gasteiger partial charge in [0.1, 0.15) is 5.69 Å². The van der Waals surface area contributed by atoms with Crippen molar-refractivity contribution in [2.45, 2.75) is 45.8 Å². The van der Waals surface area contributed by atoms with Crippen molar-refractivity contribution in [3.63, 3.8) is 0 Å². The van der Waals surface area contributed by atoms with Gasteiger partial charge < -0.3 is 9.63 Å². The topological polar surface area (TPSA) is 66.6 Å². The first-order chi connectivity index (χ1) is 16.6. The van der Waals surface area contributed by atoms with Gasteiger partial charge >= 0.3 is 12.1 Å². The Morgan fingerprint density at radius 1 is 1.17 bits per heavy atom. The fourth-order valence-electron chi connectivity index (χ4n) is 5.14. The number of halogens is 3. The van der Waals surface area contributed by atoms with Crippen LogP contribution in [0.5, 0.6) is 0 Å². The number of aliphatic carboxylic acids is 1. The number of nitrogens with zero attached hydrogens (tertiary/aromatic N) is 2. The molecule has 1 saturated heterocycles. The minimum absolute atomic E-state index is 0.112. The molecule has 1 aliphatic heterocycles. The van der Waals surface area contributed by atoms with Gasteiger partial charge in [0, 0.05) is 36.3 Å². The molecule has 1 fully saturated rings. The monoisotopic (exact) mass is 484 g/mol. The second-order valence-electron chi connectivity index (χ2n) is 10.0. The lowest BCUT2D eigenvalue weighted by Crippen LogP contribution is -2.49. The number of fused-ring (bicyclic) bond motifs is 3. The summed E-state index contributed by atoms with van der Waals surface area (Å²) in [5.74, 6) is -0.531. The molecule has 0 radical (unpaired) electrons. The van der Waals surface area contributed by atoms with Gasteiger partial charge in [0.2, 0.25) is 0 Å². The highest BCUT2D eigenvalue weighted by Crippen LogP contribution is 2.41. The number of carbonyl (C=O) groups is 1. The van der Waals surface area contributed by atoms with Crippen LogP contribution in [0.1, 0.15) is 41.7 Å². The molecule has 35 heavy (non-hydrogen) atoms. The summed E-state index contributed by atoms with van der Waals surface area (Å²) < 4.78 is 47.0. The molecule has 0 unspecified atom stereocenters. The maximum absolute atomic E-state index is 13.8. The van der Waals surface area contributed by atoms with Gasteiger partial charge in [-0.15, -0.1) is 0 Å². The van der Waals surface area contributed by atoms with Crippen LogP contribution in [0.3, 0.4) is 0 Å². The molecule has 2 aliphatic rings. The van der Waals surface area contributed by atoms with Gasteiger partial charge in [-0.05, 0) is 47.9 Å². The highest BCUT2D eigenvalue weighted by molar-refractivity contribution is 5.77. The Hall–Kier alpha value is -3.13. The SMILES string of the molecule is CC(C)Cc1ccc(-c2onc3c2CCc2cc(CN4CC(C(=O)O)C4)ccc2-3)cc1C(F)(F)F. The Labute approximate surface area is 201 Å². The lowest BCUT2D eigenvalue weighted by Gasteiger charge is -2.36. The van der Waals surface area contributed by atoms with Crippen LogP contribution in [0.4, 0.5) is 13.2 Å². The molecule has 2 aromatic carbocycles. The molecule has 0 atom stereocenters. The Morgan fingerprint density at radius 3 is 2.63 bits per heavy atom.